The Morgan fingerprint density at radius 2 is 1.74 bits per heavy atom. The summed E-state index contributed by atoms with van der Waals surface area (Å²) in [6, 6.07) is 2.08. The molecule has 0 radical (unpaired) electrons. The molecule has 0 spiro atoms. The Balaban J connectivity index is 2.71. The van der Waals surface area contributed by atoms with Crippen LogP contribution in [0.2, 0.25) is 0 Å². The second kappa shape index (κ2) is 6.40. The number of halogens is 2. The van der Waals surface area contributed by atoms with Gasteiger partial charge in [0.15, 0.2) is 0 Å². The van der Waals surface area contributed by atoms with Crippen LogP contribution in [0.15, 0.2) is 23.1 Å². The molecule has 7 heteroatoms. The number of nitrogens with one attached hydrogen (secondary N) is 1. The molecule has 1 unspecified atom stereocenters. The normalized spacial score (nSPS) is 13.8. The molecule has 0 bridgehead atoms. The van der Waals surface area contributed by atoms with Gasteiger partial charge in [0.25, 0.3) is 0 Å². The van der Waals surface area contributed by atoms with E-state index in [9.17, 15) is 22.3 Å². The Morgan fingerprint density at radius 3 is 2.21 bits per heavy atom. The first-order valence-electron chi connectivity index (χ1n) is 5.86. The molecule has 108 valence electrons. The molecular weight excluding hydrogens is 276 g/mol. The average Bonchev–Trinajstić information content (AvgIpc) is 2.27. The number of aliphatic hydroxyl groups is 1. The molecule has 1 rings (SSSR count). The van der Waals surface area contributed by atoms with E-state index in [1.807, 2.05) is 0 Å². The zero-order chi connectivity index (χ0) is 14.6. The van der Waals surface area contributed by atoms with Gasteiger partial charge in [0, 0.05) is 12.6 Å². The van der Waals surface area contributed by atoms with E-state index in [1.165, 1.54) is 0 Å². The summed E-state index contributed by atoms with van der Waals surface area (Å²) in [4.78, 5) is -0.468. The number of sulfonamides is 1. The lowest BCUT2D eigenvalue weighted by atomic mass is 10.1. The van der Waals surface area contributed by atoms with Crippen LogP contribution in [-0.4, -0.2) is 26.2 Å². The molecule has 1 atom stereocenters. The first kappa shape index (κ1) is 16.0. The van der Waals surface area contributed by atoms with Crippen molar-refractivity contribution in [1.29, 1.82) is 0 Å². The lowest BCUT2D eigenvalue weighted by molar-refractivity contribution is 0.118. The zero-order valence-corrected chi connectivity index (χ0v) is 11.5. The SMILES string of the molecule is CC(C)C(O)CCNS(=O)(=O)c1cc(F)cc(F)c1. The van der Waals surface area contributed by atoms with Crippen molar-refractivity contribution >= 4 is 10.0 Å². The van der Waals surface area contributed by atoms with Gasteiger partial charge in [-0.25, -0.2) is 21.9 Å². The maximum absolute atomic E-state index is 12.9. The third-order valence-corrected chi connectivity index (χ3v) is 4.09. The summed E-state index contributed by atoms with van der Waals surface area (Å²) in [5, 5.41) is 9.53. The highest BCUT2D eigenvalue weighted by molar-refractivity contribution is 7.89. The highest BCUT2D eigenvalue weighted by Crippen LogP contribution is 2.13. The average molecular weight is 293 g/mol. The smallest absolute Gasteiger partial charge is 0.240 e. The van der Waals surface area contributed by atoms with Gasteiger partial charge in [0.1, 0.15) is 11.6 Å². The number of aliphatic hydroxyl groups excluding tert-OH is 1. The van der Waals surface area contributed by atoms with Gasteiger partial charge in [0.2, 0.25) is 10.0 Å². The van der Waals surface area contributed by atoms with E-state index < -0.39 is 32.7 Å². The van der Waals surface area contributed by atoms with Gasteiger partial charge in [-0.15, -0.1) is 0 Å². The Kier molecular flexibility index (Phi) is 5.39. The number of hydrogen-bond donors (Lipinski definition) is 2. The number of hydrogen-bond acceptors (Lipinski definition) is 3. The van der Waals surface area contributed by atoms with Crippen molar-refractivity contribution in [2.24, 2.45) is 5.92 Å². The maximum Gasteiger partial charge on any atom is 0.240 e. The quantitative estimate of drug-likeness (QED) is 0.838. The second-order valence-corrected chi connectivity index (χ2v) is 6.37. The van der Waals surface area contributed by atoms with Gasteiger partial charge in [-0.05, 0) is 24.5 Å². The molecule has 1 aromatic carbocycles. The summed E-state index contributed by atoms with van der Waals surface area (Å²) in [7, 11) is -3.97. The molecule has 1 aromatic rings. The van der Waals surface area contributed by atoms with Crippen molar-refractivity contribution in [1.82, 2.24) is 4.72 Å². The molecule has 4 nitrogen and oxygen atoms in total. The molecule has 0 heterocycles. The molecule has 0 saturated heterocycles. The van der Waals surface area contributed by atoms with E-state index in [4.69, 9.17) is 0 Å². The third kappa shape index (κ3) is 4.85. The Labute approximate surface area is 111 Å². The van der Waals surface area contributed by atoms with Crippen LogP contribution >= 0.6 is 0 Å². The minimum Gasteiger partial charge on any atom is -0.393 e. The van der Waals surface area contributed by atoms with Crippen molar-refractivity contribution in [3.8, 4) is 0 Å². The van der Waals surface area contributed by atoms with Crippen molar-refractivity contribution in [2.45, 2.75) is 31.3 Å². The Hall–Kier alpha value is -1.05. The fourth-order valence-corrected chi connectivity index (χ4v) is 2.53. The van der Waals surface area contributed by atoms with E-state index in [0.717, 1.165) is 12.1 Å². The third-order valence-electron chi connectivity index (χ3n) is 2.65. The maximum atomic E-state index is 12.9. The molecule has 0 fully saturated rings. The topological polar surface area (TPSA) is 66.4 Å². The molecular formula is C12H17F2NO3S. The van der Waals surface area contributed by atoms with Crippen LogP contribution in [0, 0.1) is 17.6 Å². The fraction of sp³-hybridized carbons (Fsp3) is 0.500. The monoisotopic (exact) mass is 293 g/mol. The van der Waals surface area contributed by atoms with Crippen LogP contribution in [0.4, 0.5) is 8.78 Å². The minimum atomic E-state index is -3.97. The summed E-state index contributed by atoms with van der Waals surface area (Å²) >= 11 is 0. The van der Waals surface area contributed by atoms with Crippen molar-refractivity contribution in [3.05, 3.63) is 29.8 Å². The highest BCUT2D eigenvalue weighted by atomic mass is 32.2. The lowest BCUT2D eigenvalue weighted by Gasteiger charge is -2.14. The summed E-state index contributed by atoms with van der Waals surface area (Å²) in [6.45, 7) is 3.61. The van der Waals surface area contributed by atoms with E-state index in [-0.39, 0.29) is 18.9 Å². The van der Waals surface area contributed by atoms with Gasteiger partial charge >= 0.3 is 0 Å². The molecule has 0 aliphatic carbocycles. The number of benzene rings is 1. The zero-order valence-electron chi connectivity index (χ0n) is 10.7. The van der Waals surface area contributed by atoms with Crippen LogP contribution in [0.1, 0.15) is 20.3 Å². The molecule has 0 saturated carbocycles. The van der Waals surface area contributed by atoms with Crippen LogP contribution in [0.25, 0.3) is 0 Å². The molecule has 0 aromatic heterocycles. The summed E-state index contributed by atoms with van der Waals surface area (Å²) in [6.07, 6.45) is -0.402. The number of rotatable bonds is 6. The van der Waals surface area contributed by atoms with Crippen molar-refractivity contribution in [2.75, 3.05) is 6.54 Å². The van der Waals surface area contributed by atoms with Crippen LogP contribution in [0.5, 0.6) is 0 Å². The second-order valence-electron chi connectivity index (χ2n) is 4.60. The van der Waals surface area contributed by atoms with Gasteiger partial charge in [0.05, 0.1) is 11.0 Å². The van der Waals surface area contributed by atoms with Crippen LogP contribution in [-0.2, 0) is 10.0 Å². The first-order valence-corrected chi connectivity index (χ1v) is 7.34. The summed E-state index contributed by atoms with van der Waals surface area (Å²) in [5.41, 5.74) is 0. The molecule has 0 amide bonds. The van der Waals surface area contributed by atoms with Gasteiger partial charge < -0.3 is 5.11 Å². The Bertz CT molecular complexity index is 512. The molecule has 0 aliphatic rings. The summed E-state index contributed by atoms with van der Waals surface area (Å²) < 4.78 is 51.6. The molecule has 0 aliphatic heterocycles. The van der Waals surface area contributed by atoms with Crippen molar-refractivity contribution in [3.63, 3.8) is 0 Å². The fourth-order valence-electron chi connectivity index (χ4n) is 1.44. The van der Waals surface area contributed by atoms with Crippen LogP contribution < -0.4 is 4.72 Å². The van der Waals surface area contributed by atoms with Gasteiger partial charge in [-0.1, -0.05) is 13.8 Å². The van der Waals surface area contributed by atoms with Gasteiger partial charge in [-0.2, -0.15) is 0 Å². The predicted octanol–water partition coefficient (Wildman–Crippen LogP) is 1.65. The molecule has 2 N–H and O–H groups in total. The van der Waals surface area contributed by atoms with E-state index >= 15 is 0 Å². The lowest BCUT2D eigenvalue weighted by Crippen LogP contribution is -2.29. The standard InChI is InChI=1S/C12H17F2NO3S/c1-8(2)12(16)3-4-15-19(17,18)11-6-9(13)5-10(14)7-11/h5-8,12,15-16H,3-4H2,1-2H3. The molecule has 19 heavy (non-hydrogen) atoms. The van der Waals surface area contributed by atoms with E-state index in [2.05, 4.69) is 4.72 Å². The minimum absolute atomic E-state index is 0.000186. The van der Waals surface area contributed by atoms with Gasteiger partial charge in [-0.3, -0.25) is 0 Å². The van der Waals surface area contributed by atoms with E-state index in [0.29, 0.717) is 6.07 Å². The first-order chi connectivity index (χ1) is 8.72. The van der Waals surface area contributed by atoms with Crippen molar-refractivity contribution < 1.29 is 22.3 Å². The van der Waals surface area contributed by atoms with Crippen LogP contribution in [0.3, 0.4) is 0 Å². The highest BCUT2D eigenvalue weighted by Gasteiger charge is 2.17. The predicted molar refractivity (Wildman–Crippen MR) is 67.0 cm³/mol. The van der Waals surface area contributed by atoms with E-state index in [1.54, 1.807) is 13.8 Å². The largest absolute Gasteiger partial charge is 0.393 e. The Morgan fingerprint density at radius 1 is 1.21 bits per heavy atom. The summed E-state index contributed by atoms with van der Waals surface area (Å²) in [5.74, 6) is -1.90.